The first-order chi connectivity index (χ1) is 5.68. The first-order valence-corrected chi connectivity index (χ1v) is 4.84. The minimum atomic E-state index is -0.242. The van der Waals surface area contributed by atoms with Gasteiger partial charge >= 0.3 is 0 Å². The molecular formula is C8H3Cl2FS. The Morgan fingerprint density at radius 3 is 2.58 bits per heavy atom. The standard InChI is InChI=1S/C8H3Cl2FS/c9-5-1-4-7(11)3-12-8(4)2-6(5)10/h1-3H. The summed E-state index contributed by atoms with van der Waals surface area (Å²) in [4.78, 5) is 0. The zero-order valence-electron chi connectivity index (χ0n) is 5.77. The van der Waals surface area contributed by atoms with Crippen LogP contribution in [0.25, 0.3) is 10.1 Å². The zero-order chi connectivity index (χ0) is 8.72. The van der Waals surface area contributed by atoms with Gasteiger partial charge in [0.25, 0.3) is 0 Å². The van der Waals surface area contributed by atoms with Crippen LogP contribution in [0, 0.1) is 5.82 Å². The Hall–Kier alpha value is -0.310. The van der Waals surface area contributed by atoms with Crippen LogP contribution in [0.5, 0.6) is 0 Å². The molecular weight excluding hydrogens is 218 g/mol. The summed E-state index contributed by atoms with van der Waals surface area (Å²) in [6, 6.07) is 3.22. The van der Waals surface area contributed by atoms with Crippen molar-refractivity contribution in [1.82, 2.24) is 0 Å². The highest BCUT2D eigenvalue weighted by Gasteiger charge is 2.06. The second-order valence-corrected chi connectivity index (χ2v) is 4.07. The van der Waals surface area contributed by atoms with E-state index in [-0.39, 0.29) is 5.82 Å². The molecule has 1 aromatic heterocycles. The molecule has 1 aromatic carbocycles. The molecule has 2 rings (SSSR count). The lowest BCUT2D eigenvalue weighted by Gasteiger charge is -1.94. The van der Waals surface area contributed by atoms with Gasteiger partial charge in [-0.3, -0.25) is 0 Å². The van der Waals surface area contributed by atoms with Gasteiger partial charge in [0, 0.05) is 15.5 Å². The number of hydrogen-bond acceptors (Lipinski definition) is 1. The zero-order valence-corrected chi connectivity index (χ0v) is 8.10. The normalized spacial score (nSPS) is 10.9. The van der Waals surface area contributed by atoms with E-state index in [1.807, 2.05) is 0 Å². The average molecular weight is 221 g/mol. The average Bonchev–Trinajstić information content (AvgIpc) is 2.35. The molecule has 0 nitrogen and oxygen atoms in total. The van der Waals surface area contributed by atoms with Crippen LogP contribution in [0.4, 0.5) is 4.39 Å². The van der Waals surface area contributed by atoms with Crippen molar-refractivity contribution in [1.29, 1.82) is 0 Å². The first kappa shape index (κ1) is 8.30. The van der Waals surface area contributed by atoms with E-state index in [9.17, 15) is 4.39 Å². The van der Waals surface area contributed by atoms with Crippen LogP contribution < -0.4 is 0 Å². The molecule has 0 atom stereocenters. The van der Waals surface area contributed by atoms with Crippen LogP contribution in [0.3, 0.4) is 0 Å². The molecule has 2 aromatic rings. The first-order valence-electron chi connectivity index (χ1n) is 3.20. The van der Waals surface area contributed by atoms with E-state index in [2.05, 4.69) is 0 Å². The van der Waals surface area contributed by atoms with Crippen LogP contribution in [-0.4, -0.2) is 0 Å². The molecule has 0 saturated heterocycles. The highest BCUT2D eigenvalue weighted by atomic mass is 35.5. The van der Waals surface area contributed by atoms with Crippen LogP contribution >= 0.6 is 34.5 Å². The maximum atomic E-state index is 13.0. The Balaban J connectivity index is 2.87. The SMILES string of the molecule is Fc1csc2cc(Cl)c(Cl)cc12. The Labute approximate surface area is 82.5 Å². The van der Waals surface area contributed by atoms with E-state index in [0.29, 0.717) is 15.4 Å². The smallest absolute Gasteiger partial charge is 0.141 e. The molecule has 0 N–H and O–H groups in total. The second kappa shape index (κ2) is 2.87. The van der Waals surface area contributed by atoms with Crippen molar-refractivity contribution in [3.63, 3.8) is 0 Å². The largest absolute Gasteiger partial charge is 0.205 e. The van der Waals surface area contributed by atoms with E-state index in [1.54, 1.807) is 12.1 Å². The van der Waals surface area contributed by atoms with Gasteiger partial charge in [-0.25, -0.2) is 4.39 Å². The molecule has 0 fully saturated rings. The molecule has 0 aliphatic carbocycles. The number of hydrogen-bond donors (Lipinski definition) is 0. The molecule has 0 unspecified atom stereocenters. The molecule has 12 heavy (non-hydrogen) atoms. The van der Waals surface area contributed by atoms with Crippen molar-refractivity contribution in [3.8, 4) is 0 Å². The predicted octanol–water partition coefficient (Wildman–Crippen LogP) is 4.35. The summed E-state index contributed by atoms with van der Waals surface area (Å²) in [5.41, 5.74) is 0. The fourth-order valence-corrected chi connectivity index (χ4v) is 2.21. The van der Waals surface area contributed by atoms with E-state index in [1.165, 1.54) is 16.7 Å². The van der Waals surface area contributed by atoms with Crippen molar-refractivity contribution in [2.75, 3.05) is 0 Å². The van der Waals surface area contributed by atoms with Crippen molar-refractivity contribution < 1.29 is 4.39 Å². The molecule has 0 saturated carbocycles. The minimum absolute atomic E-state index is 0.242. The summed E-state index contributed by atoms with van der Waals surface area (Å²) < 4.78 is 13.8. The van der Waals surface area contributed by atoms with E-state index in [4.69, 9.17) is 23.2 Å². The molecule has 0 bridgehead atoms. The van der Waals surface area contributed by atoms with Gasteiger partial charge in [-0.2, -0.15) is 0 Å². The molecule has 0 aliphatic rings. The van der Waals surface area contributed by atoms with Gasteiger partial charge in [0.15, 0.2) is 0 Å². The topological polar surface area (TPSA) is 0 Å². The minimum Gasteiger partial charge on any atom is -0.205 e. The lowest BCUT2D eigenvalue weighted by atomic mass is 10.2. The lowest BCUT2D eigenvalue weighted by molar-refractivity contribution is 0.644. The van der Waals surface area contributed by atoms with Gasteiger partial charge in [0.1, 0.15) is 5.82 Å². The Bertz CT molecular complexity index is 436. The van der Waals surface area contributed by atoms with Crippen LogP contribution in [0.15, 0.2) is 17.5 Å². The summed E-state index contributed by atoms with van der Waals surface area (Å²) in [6.45, 7) is 0. The van der Waals surface area contributed by atoms with E-state index in [0.717, 1.165) is 4.70 Å². The van der Waals surface area contributed by atoms with E-state index >= 15 is 0 Å². The predicted molar refractivity (Wildman–Crippen MR) is 51.8 cm³/mol. The third-order valence-corrected chi connectivity index (χ3v) is 3.21. The third-order valence-electron chi connectivity index (χ3n) is 1.57. The summed E-state index contributed by atoms with van der Waals surface area (Å²) in [5, 5.41) is 2.83. The Kier molecular flexibility index (Phi) is 1.99. The molecule has 0 spiro atoms. The Morgan fingerprint density at radius 2 is 1.83 bits per heavy atom. The molecule has 0 aliphatic heterocycles. The van der Waals surface area contributed by atoms with Crippen molar-refractivity contribution in [2.45, 2.75) is 0 Å². The lowest BCUT2D eigenvalue weighted by Crippen LogP contribution is -1.71. The molecule has 0 amide bonds. The molecule has 0 radical (unpaired) electrons. The van der Waals surface area contributed by atoms with Gasteiger partial charge in [0.2, 0.25) is 0 Å². The fourth-order valence-electron chi connectivity index (χ4n) is 0.991. The maximum Gasteiger partial charge on any atom is 0.141 e. The maximum absolute atomic E-state index is 13.0. The van der Waals surface area contributed by atoms with Gasteiger partial charge in [-0.1, -0.05) is 23.2 Å². The Morgan fingerprint density at radius 1 is 1.17 bits per heavy atom. The summed E-state index contributed by atoms with van der Waals surface area (Å²) in [5.74, 6) is -0.242. The van der Waals surface area contributed by atoms with Gasteiger partial charge < -0.3 is 0 Å². The number of fused-ring (bicyclic) bond motifs is 1. The second-order valence-electron chi connectivity index (χ2n) is 2.35. The molecule has 1 heterocycles. The van der Waals surface area contributed by atoms with Crippen LogP contribution in [-0.2, 0) is 0 Å². The third kappa shape index (κ3) is 1.20. The number of thiophene rings is 1. The number of rotatable bonds is 0. The van der Waals surface area contributed by atoms with Crippen molar-refractivity contribution in [2.24, 2.45) is 0 Å². The number of halogens is 3. The monoisotopic (exact) mass is 220 g/mol. The van der Waals surface area contributed by atoms with Crippen molar-refractivity contribution in [3.05, 3.63) is 33.4 Å². The van der Waals surface area contributed by atoms with Crippen molar-refractivity contribution >= 4 is 44.6 Å². The highest BCUT2D eigenvalue weighted by molar-refractivity contribution is 7.17. The van der Waals surface area contributed by atoms with Crippen LogP contribution in [0.1, 0.15) is 0 Å². The van der Waals surface area contributed by atoms with Gasteiger partial charge in [0.05, 0.1) is 10.0 Å². The van der Waals surface area contributed by atoms with Gasteiger partial charge in [-0.15, -0.1) is 11.3 Å². The quantitative estimate of drug-likeness (QED) is 0.620. The summed E-state index contributed by atoms with van der Waals surface area (Å²) in [6.07, 6.45) is 0. The number of benzene rings is 1. The fraction of sp³-hybridized carbons (Fsp3) is 0. The van der Waals surface area contributed by atoms with E-state index < -0.39 is 0 Å². The summed E-state index contributed by atoms with van der Waals surface area (Å²) >= 11 is 12.8. The highest BCUT2D eigenvalue weighted by Crippen LogP contribution is 2.32. The molecule has 62 valence electrons. The van der Waals surface area contributed by atoms with Crippen LogP contribution in [0.2, 0.25) is 10.0 Å². The van der Waals surface area contributed by atoms with Gasteiger partial charge in [-0.05, 0) is 12.1 Å². The molecule has 4 heteroatoms. The summed E-state index contributed by atoms with van der Waals surface area (Å²) in [7, 11) is 0.